The number of likely N-dealkylation sites (tertiary alicyclic amines) is 2. The summed E-state index contributed by atoms with van der Waals surface area (Å²) in [7, 11) is 0. The van der Waals surface area contributed by atoms with Crippen LogP contribution in [-0.4, -0.2) is 90.0 Å². The second kappa shape index (κ2) is 10.1. The number of halogens is 1. The van der Waals surface area contributed by atoms with Crippen LogP contribution in [0, 0.1) is 16.0 Å². The molecule has 3 aliphatic heterocycles. The molecule has 0 saturated carbocycles. The molecule has 0 spiro atoms. The van der Waals surface area contributed by atoms with Gasteiger partial charge in [0.05, 0.1) is 28.7 Å². The Kier molecular flexibility index (Phi) is 7.27. The number of morpholine rings is 1. The lowest BCUT2D eigenvalue weighted by molar-refractivity contribution is -0.384. The van der Waals surface area contributed by atoms with Crippen LogP contribution in [0.3, 0.4) is 0 Å². The smallest absolute Gasteiger partial charge is 0.270 e. The zero-order valence-corrected chi connectivity index (χ0v) is 18.8. The lowest BCUT2D eigenvalue weighted by atomic mass is 9.92. The van der Waals surface area contributed by atoms with Crippen LogP contribution in [0.1, 0.15) is 36.0 Å². The Morgan fingerprint density at radius 2 is 1.62 bits per heavy atom. The first-order chi connectivity index (χ1) is 15.4. The van der Waals surface area contributed by atoms with Crippen LogP contribution in [0.4, 0.5) is 5.69 Å². The Balaban J connectivity index is 1.26. The zero-order chi connectivity index (χ0) is 22.7. The summed E-state index contributed by atoms with van der Waals surface area (Å²) >= 11 is 6.14. The molecule has 3 fully saturated rings. The van der Waals surface area contributed by atoms with Gasteiger partial charge in [0.15, 0.2) is 0 Å². The monoisotopic (exact) mass is 464 g/mol. The molecule has 0 bridgehead atoms. The predicted molar refractivity (Wildman–Crippen MR) is 119 cm³/mol. The topological polar surface area (TPSA) is 96.2 Å². The molecule has 0 radical (unpaired) electrons. The Morgan fingerprint density at radius 1 is 0.969 bits per heavy atom. The van der Waals surface area contributed by atoms with E-state index < -0.39 is 4.92 Å². The van der Waals surface area contributed by atoms with Gasteiger partial charge in [-0.2, -0.15) is 0 Å². The van der Waals surface area contributed by atoms with Crippen molar-refractivity contribution in [3.63, 3.8) is 0 Å². The predicted octanol–water partition coefficient (Wildman–Crippen LogP) is 2.42. The maximum absolute atomic E-state index is 12.9. The van der Waals surface area contributed by atoms with Crippen LogP contribution < -0.4 is 0 Å². The van der Waals surface area contributed by atoms with E-state index >= 15 is 0 Å². The van der Waals surface area contributed by atoms with Gasteiger partial charge in [0.25, 0.3) is 11.6 Å². The molecular weight excluding hydrogens is 436 g/mol. The number of nitro groups is 1. The molecule has 0 N–H and O–H groups in total. The Hall–Kier alpha value is -2.23. The molecule has 0 aliphatic carbocycles. The summed E-state index contributed by atoms with van der Waals surface area (Å²) in [5.74, 6) is 0.196. The van der Waals surface area contributed by atoms with E-state index in [2.05, 4.69) is 4.90 Å². The molecule has 9 nitrogen and oxygen atoms in total. The van der Waals surface area contributed by atoms with Gasteiger partial charge in [-0.25, -0.2) is 0 Å². The fourth-order valence-corrected chi connectivity index (χ4v) is 5.20. The van der Waals surface area contributed by atoms with Crippen LogP contribution in [0.15, 0.2) is 18.2 Å². The van der Waals surface area contributed by atoms with Crippen molar-refractivity contribution in [3.05, 3.63) is 38.9 Å². The Bertz CT molecular complexity index is 860. The number of nitro benzene ring substituents is 1. The number of nitrogens with zero attached hydrogens (tertiary/aromatic N) is 4. The SMILES string of the molecule is O=C(c1ccc([N+](=O)[O-])cc1Cl)N1CCC(N2CCC(C(=O)N3CCOCC3)CC2)CC1. The largest absolute Gasteiger partial charge is 0.378 e. The molecule has 2 amide bonds. The van der Waals surface area contributed by atoms with Crippen molar-refractivity contribution in [2.45, 2.75) is 31.7 Å². The summed E-state index contributed by atoms with van der Waals surface area (Å²) in [6, 6.07) is 4.38. The van der Waals surface area contributed by atoms with Crippen LogP contribution in [-0.2, 0) is 9.53 Å². The molecule has 1 aromatic carbocycles. The van der Waals surface area contributed by atoms with Crippen molar-refractivity contribution >= 4 is 29.1 Å². The number of ether oxygens (including phenoxy) is 1. The molecule has 32 heavy (non-hydrogen) atoms. The molecule has 3 heterocycles. The second-order valence-corrected chi connectivity index (χ2v) is 9.10. The van der Waals surface area contributed by atoms with Gasteiger partial charge in [-0.15, -0.1) is 0 Å². The van der Waals surface area contributed by atoms with Gasteiger partial charge in [0, 0.05) is 50.3 Å². The van der Waals surface area contributed by atoms with E-state index in [1.54, 1.807) is 4.90 Å². The van der Waals surface area contributed by atoms with Crippen molar-refractivity contribution in [2.24, 2.45) is 5.92 Å². The van der Waals surface area contributed by atoms with Gasteiger partial charge < -0.3 is 19.4 Å². The highest BCUT2D eigenvalue weighted by molar-refractivity contribution is 6.34. The molecule has 174 valence electrons. The zero-order valence-electron chi connectivity index (χ0n) is 18.1. The van der Waals surface area contributed by atoms with E-state index in [-0.39, 0.29) is 28.4 Å². The highest BCUT2D eigenvalue weighted by Gasteiger charge is 2.34. The fraction of sp³-hybridized carbons (Fsp3) is 0.636. The number of carbonyl (C=O) groups excluding carboxylic acids is 2. The molecule has 3 saturated heterocycles. The van der Waals surface area contributed by atoms with E-state index in [4.69, 9.17) is 16.3 Å². The van der Waals surface area contributed by atoms with Crippen molar-refractivity contribution < 1.29 is 19.2 Å². The molecular formula is C22H29ClN4O5. The highest BCUT2D eigenvalue weighted by Crippen LogP contribution is 2.28. The van der Waals surface area contributed by atoms with Crippen LogP contribution in [0.5, 0.6) is 0 Å². The lowest BCUT2D eigenvalue weighted by Gasteiger charge is -2.42. The number of hydrogen-bond acceptors (Lipinski definition) is 6. The van der Waals surface area contributed by atoms with Crippen LogP contribution in [0.25, 0.3) is 0 Å². The van der Waals surface area contributed by atoms with E-state index in [1.165, 1.54) is 18.2 Å². The second-order valence-electron chi connectivity index (χ2n) is 8.69. The maximum Gasteiger partial charge on any atom is 0.270 e. The average molecular weight is 465 g/mol. The third kappa shape index (κ3) is 5.05. The van der Waals surface area contributed by atoms with Crippen molar-refractivity contribution in [2.75, 3.05) is 52.5 Å². The molecule has 10 heteroatoms. The Morgan fingerprint density at radius 3 is 2.22 bits per heavy atom. The van der Waals surface area contributed by atoms with Crippen molar-refractivity contribution in [1.82, 2.24) is 14.7 Å². The van der Waals surface area contributed by atoms with Crippen LogP contribution >= 0.6 is 11.6 Å². The summed E-state index contributed by atoms with van der Waals surface area (Å²) < 4.78 is 5.34. The summed E-state index contributed by atoms with van der Waals surface area (Å²) in [5.41, 5.74) is 0.180. The van der Waals surface area contributed by atoms with Crippen molar-refractivity contribution in [1.29, 1.82) is 0 Å². The number of non-ortho nitro benzene ring substituents is 1. The number of benzene rings is 1. The van der Waals surface area contributed by atoms with Gasteiger partial charge in [-0.05, 0) is 44.8 Å². The van der Waals surface area contributed by atoms with Gasteiger partial charge in [-0.3, -0.25) is 19.7 Å². The Labute approximate surface area is 192 Å². The average Bonchev–Trinajstić information content (AvgIpc) is 2.84. The third-order valence-corrected chi connectivity index (χ3v) is 7.18. The number of piperidine rings is 2. The summed E-state index contributed by atoms with van der Waals surface area (Å²) in [6.07, 6.45) is 3.51. The molecule has 3 aliphatic rings. The molecule has 4 rings (SSSR count). The van der Waals surface area contributed by atoms with E-state index in [9.17, 15) is 19.7 Å². The molecule has 0 aromatic heterocycles. The number of hydrogen-bond donors (Lipinski definition) is 0. The first kappa shape index (κ1) is 22.9. The normalized spacial score (nSPS) is 21.5. The van der Waals surface area contributed by atoms with Gasteiger partial charge >= 0.3 is 0 Å². The standard InChI is InChI=1S/C22H29ClN4O5/c23-20-15-18(27(30)31)1-2-19(20)22(29)25-9-5-17(6-10-25)24-7-3-16(4-8-24)21(28)26-11-13-32-14-12-26/h1-2,15-17H,3-14H2. The number of rotatable bonds is 4. The van der Waals surface area contributed by atoms with E-state index in [0.717, 1.165) is 38.8 Å². The van der Waals surface area contributed by atoms with Crippen LogP contribution in [0.2, 0.25) is 5.02 Å². The highest BCUT2D eigenvalue weighted by atomic mass is 35.5. The molecule has 0 unspecified atom stereocenters. The maximum atomic E-state index is 12.9. The fourth-order valence-electron chi connectivity index (χ4n) is 4.95. The van der Waals surface area contributed by atoms with E-state index in [1.807, 2.05) is 4.90 Å². The molecule has 1 aromatic rings. The minimum absolute atomic E-state index is 0.107. The quantitative estimate of drug-likeness (QED) is 0.501. The first-order valence-electron chi connectivity index (χ1n) is 11.3. The minimum atomic E-state index is -0.524. The summed E-state index contributed by atoms with van der Waals surface area (Å²) in [6.45, 7) is 5.74. The first-order valence-corrected chi connectivity index (χ1v) is 11.7. The van der Waals surface area contributed by atoms with Crippen molar-refractivity contribution in [3.8, 4) is 0 Å². The summed E-state index contributed by atoms with van der Waals surface area (Å²) in [5, 5.41) is 11.0. The number of carbonyl (C=O) groups is 2. The minimum Gasteiger partial charge on any atom is -0.378 e. The van der Waals surface area contributed by atoms with Gasteiger partial charge in [-0.1, -0.05) is 11.6 Å². The third-order valence-electron chi connectivity index (χ3n) is 6.86. The molecule has 0 atom stereocenters. The van der Waals surface area contributed by atoms with E-state index in [0.29, 0.717) is 51.0 Å². The van der Waals surface area contributed by atoms with Gasteiger partial charge in [0.1, 0.15) is 0 Å². The summed E-state index contributed by atoms with van der Waals surface area (Å²) in [4.78, 5) is 42.1. The van der Waals surface area contributed by atoms with Gasteiger partial charge in [0.2, 0.25) is 5.91 Å². The number of amides is 2. The lowest BCUT2D eigenvalue weighted by Crippen LogP contribution is -2.51.